The number of amides is 2. The van der Waals surface area contributed by atoms with E-state index in [0.717, 1.165) is 9.90 Å². The molecular formula is C21H18ClN3O4S2. The molecule has 0 saturated heterocycles. The third kappa shape index (κ3) is 6.13. The summed E-state index contributed by atoms with van der Waals surface area (Å²) in [5.74, 6) is 1.37. The fourth-order valence-corrected chi connectivity index (χ4v) is 4.54. The Hall–Kier alpha value is -2.75. The molecule has 0 aliphatic carbocycles. The van der Waals surface area contributed by atoms with E-state index in [2.05, 4.69) is 15.6 Å². The van der Waals surface area contributed by atoms with Crippen molar-refractivity contribution in [2.24, 2.45) is 0 Å². The largest absolute Gasteiger partial charge is 0.454 e. The monoisotopic (exact) mass is 475 g/mol. The number of hydrogen-bond donors (Lipinski definition) is 2. The number of ether oxygens (including phenoxy) is 2. The van der Waals surface area contributed by atoms with E-state index in [4.69, 9.17) is 21.1 Å². The number of carbonyl (C=O) groups is 2. The third-order valence-electron chi connectivity index (χ3n) is 4.25. The van der Waals surface area contributed by atoms with Crippen LogP contribution < -0.4 is 20.1 Å². The van der Waals surface area contributed by atoms with Crippen LogP contribution in [0.3, 0.4) is 0 Å². The molecular weight excluding hydrogens is 458 g/mol. The van der Waals surface area contributed by atoms with E-state index in [9.17, 15) is 9.59 Å². The number of nitrogens with one attached hydrogen (secondary N) is 2. The second-order valence-corrected chi connectivity index (χ2v) is 9.11. The maximum atomic E-state index is 12.2. The Bertz CT molecular complexity index is 1090. The Kier molecular flexibility index (Phi) is 6.96. The smallest absolute Gasteiger partial charge is 0.234 e. The lowest BCUT2D eigenvalue weighted by Gasteiger charge is -2.05. The highest BCUT2D eigenvalue weighted by molar-refractivity contribution is 8.01. The van der Waals surface area contributed by atoms with E-state index >= 15 is 0 Å². The number of hydrogen-bond acceptors (Lipinski definition) is 7. The van der Waals surface area contributed by atoms with Crippen LogP contribution in [0.25, 0.3) is 0 Å². The topological polar surface area (TPSA) is 89.6 Å². The first-order chi connectivity index (χ1) is 15.0. The predicted molar refractivity (Wildman–Crippen MR) is 121 cm³/mol. The summed E-state index contributed by atoms with van der Waals surface area (Å²) in [6, 6.07) is 12.5. The highest BCUT2D eigenvalue weighted by Gasteiger charge is 2.14. The van der Waals surface area contributed by atoms with Gasteiger partial charge in [0.25, 0.3) is 0 Å². The minimum Gasteiger partial charge on any atom is -0.454 e. The second-order valence-electron chi connectivity index (χ2n) is 6.59. The van der Waals surface area contributed by atoms with E-state index in [1.807, 2.05) is 23.6 Å². The Morgan fingerprint density at radius 2 is 1.90 bits per heavy atom. The van der Waals surface area contributed by atoms with Crippen LogP contribution in [-0.2, 0) is 22.6 Å². The van der Waals surface area contributed by atoms with Crippen LogP contribution in [0.1, 0.15) is 11.3 Å². The van der Waals surface area contributed by atoms with Crippen molar-refractivity contribution in [1.82, 2.24) is 10.3 Å². The minimum absolute atomic E-state index is 0.125. The SMILES string of the molecule is O=C(Cc1csc(SCC(=O)Nc2ccc(Cl)cc2)n1)NCc1ccc2c(c1)OCO2. The van der Waals surface area contributed by atoms with Gasteiger partial charge in [0.1, 0.15) is 0 Å². The molecule has 1 aliphatic heterocycles. The first-order valence-corrected chi connectivity index (χ1v) is 11.6. The molecule has 2 amide bonds. The highest BCUT2D eigenvalue weighted by atomic mass is 35.5. The van der Waals surface area contributed by atoms with Crippen LogP contribution in [0.15, 0.2) is 52.2 Å². The number of anilines is 1. The summed E-state index contributed by atoms with van der Waals surface area (Å²) in [4.78, 5) is 28.7. The van der Waals surface area contributed by atoms with Gasteiger partial charge in [0.2, 0.25) is 18.6 Å². The van der Waals surface area contributed by atoms with Gasteiger partial charge in [-0.1, -0.05) is 29.4 Å². The molecule has 1 aliphatic rings. The van der Waals surface area contributed by atoms with Gasteiger partial charge in [-0.15, -0.1) is 11.3 Å². The fraction of sp³-hybridized carbons (Fsp3) is 0.190. The zero-order valence-electron chi connectivity index (χ0n) is 16.2. The van der Waals surface area contributed by atoms with Crippen molar-refractivity contribution < 1.29 is 19.1 Å². The molecule has 2 heterocycles. The maximum absolute atomic E-state index is 12.2. The summed E-state index contributed by atoms with van der Waals surface area (Å²) in [5, 5.41) is 8.13. The molecule has 3 aromatic rings. The number of halogens is 1. The normalized spacial score (nSPS) is 11.9. The molecule has 10 heteroatoms. The van der Waals surface area contributed by atoms with Gasteiger partial charge in [0.15, 0.2) is 15.8 Å². The zero-order valence-corrected chi connectivity index (χ0v) is 18.6. The quantitative estimate of drug-likeness (QED) is 0.476. The molecule has 0 bridgehead atoms. The van der Waals surface area contributed by atoms with Crippen molar-refractivity contribution in [3.8, 4) is 11.5 Å². The van der Waals surface area contributed by atoms with Crippen molar-refractivity contribution in [1.29, 1.82) is 0 Å². The van der Waals surface area contributed by atoms with Crippen molar-refractivity contribution in [3.05, 3.63) is 64.1 Å². The van der Waals surface area contributed by atoms with Crippen molar-refractivity contribution in [3.63, 3.8) is 0 Å². The number of nitrogens with zero attached hydrogens (tertiary/aromatic N) is 1. The number of aromatic nitrogens is 1. The van der Waals surface area contributed by atoms with Crippen LogP contribution in [0.2, 0.25) is 5.02 Å². The first kappa shape index (κ1) is 21.5. The van der Waals surface area contributed by atoms with Crippen LogP contribution in [-0.4, -0.2) is 29.3 Å². The molecule has 2 N–H and O–H groups in total. The van der Waals surface area contributed by atoms with Gasteiger partial charge in [0.05, 0.1) is 17.9 Å². The molecule has 1 aromatic heterocycles. The van der Waals surface area contributed by atoms with E-state index < -0.39 is 0 Å². The summed E-state index contributed by atoms with van der Waals surface area (Å²) in [7, 11) is 0. The minimum atomic E-state index is -0.134. The van der Waals surface area contributed by atoms with Gasteiger partial charge in [0, 0.05) is 22.6 Å². The van der Waals surface area contributed by atoms with E-state index in [0.29, 0.717) is 34.4 Å². The summed E-state index contributed by atoms with van der Waals surface area (Å²) >= 11 is 8.58. The van der Waals surface area contributed by atoms with E-state index in [-0.39, 0.29) is 30.8 Å². The van der Waals surface area contributed by atoms with Crippen LogP contribution >= 0.6 is 34.7 Å². The van der Waals surface area contributed by atoms with Gasteiger partial charge in [-0.3, -0.25) is 9.59 Å². The molecule has 0 radical (unpaired) electrons. The van der Waals surface area contributed by atoms with Crippen molar-refractivity contribution in [2.45, 2.75) is 17.3 Å². The average Bonchev–Trinajstić information content (AvgIpc) is 3.41. The molecule has 160 valence electrons. The lowest BCUT2D eigenvalue weighted by atomic mass is 10.2. The summed E-state index contributed by atoms with van der Waals surface area (Å²) in [6.45, 7) is 0.615. The second kappa shape index (κ2) is 10.0. The molecule has 0 atom stereocenters. The lowest BCUT2D eigenvalue weighted by molar-refractivity contribution is -0.120. The molecule has 31 heavy (non-hydrogen) atoms. The van der Waals surface area contributed by atoms with Gasteiger partial charge in [-0.2, -0.15) is 0 Å². The third-order valence-corrected chi connectivity index (χ3v) is 6.58. The first-order valence-electron chi connectivity index (χ1n) is 9.33. The molecule has 0 saturated carbocycles. The van der Waals surface area contributed by atoms with E-state index in [1.54, 1.807) is 24.3 Å². The average molecular weight is 476 g/mol. The Morgan fingerprint density at radius 1 is 1.10 bits per heavy atom. The number of benzene rings is 2. The van der Waals surface area contributed by atoms with Crippen LogP contribution in [0.4, 0.5) is 5.69 Å². The standard InChI is InChI=1S/C21H18ClN3O4S2/c22-14-2-4-15(5-3-14)24-20(27)11-31-21-25-16(10-30-21)8-19(26)23-9-13-1-6-17-18(7-13)29-12-28-17/h1-7,10H,8-9,11-12H2,(H,23,26)(H,24,27). The van der Waals surface area contributed by atoms with Gasteiger partial charge >= 0.3 is 0 Å². The highest BCUT2D eigenvalue weighted by Crippen LogP contribution is 2.32. The lowest BCUT2D eigenvalue weighted by Crippen LogP contribution is -2.24. The number of thiazole rings is 1. The molecule has 7 nitrogen and oxygen atoms in total. The number of carbonyl (C=O) groups excluding carboxylic acids is 2. The summed E-state index contributed by atoms with van der Waals surface area (Å²) in [6.07, 6.45) is 0.179. The molecule has 2 aromatic carbocycles. The van der Waals surface area contributed by atoms with Crippen molar-refractivity contribution in [2.75, 3.05) is 17.9 Å². The van der Waals surface area contributed by atoms with Crippen LogP contribution in [0, 0.1) is 0 Å². The predicted octanol–water partition coefficient (Wildman–Crippen LogP) is 4.11. The fourth-order valence-electron chi connectivity index (χ4n) is 2.77. The Balaban J connectivity index is 1.20. The zero-order chi connectivity index (χ0) is 21.6. The molecule has 0 fully saturated rings. The van der Waals surface area contributed by atoms with Gasteiger partial charge in [-0.25, -0.2) is 4.98 Å². The Labute approximate surface area is 192 Å². The summed E-state index contributed by atoms with van der Waals surface area (Å²) in [5.41, 5.74) is 2.29. The van der Waals surface area contributed by atoms with Gasteiger partial charge in [-0.05, 0) is 42.0 Å². The van der Waals surface area contributed by atoms with Crippen molar-refractivity contribution >= 4 is 52.2 Å². The molecule has 0 spiro atoms. The number of rotatable bonds is 8. The Morgan fingerprint density at radius 3 is 2.74 bits per heavy atom. The molecule has 0 unspecified atom stereocenters. The number of thioether (sulfide) groups is 1. The van der Waals surface area contributed by atoms with Crippen LogP contribution in [0.5, 0.6) is 11.5 Å². The van der Waals surface area contributed by atoms with Gasteiger partial charge < -0.3 is 20.1 Å². The summed E-state index contributed by atoms with van der Waals surface area (Å²) < 4.78 is 11.4. The maximum Gasteiger partial charge on any atom is 0.234 e. The van der Waals surface area contributed by atoms with E-state index in [1.165, 1.54) is 23.1 Å². The molecule has 4 rings (SSSR count). The number of fused-ring (bicyclic) bond motifs is 1.